The standard InChI is InChI=1S/C19H19F6N3O3S/c20-18(21,22)11-28-9-8-16(27-28)17(29)26-13-4-6-14(7-5-13)32(30,31)15-3-1-2-12(10-15)19(23,24)25/h1-3,8-10,13-14H,4-7,11H2,(H,26,29). The molecule has 6 nitrogen and oxygen atoms in total. The summed E-state index contributed by atoms with van der Waals surface area (Å²) in [6.07, 6.45) is -7.39. The summed E-state index contributed by atoms with van der Waals surface area (Å²) in [5.74, 6) is -0.685. The molecular formula is C19H19F6N3O3S. The molecule has 32 heavy (non-hydrogen) atoms. The molecule has 176 valence electrons. The summed E-state index contributed by atoms with van der Waals surface area (Å²) in [6.45, 7) is -1.33. The first kappa shape index (κ1) is 24.1. The van der Waals surface area contributed by atoms with E-state index in [-0.39, 0.29) is 31.4 Å². The molecule has 13 heteroatoms. The van der Waals surface area contributed by atoms with E-state index in [0.29, 0.717) is 10.7 Å². The van der Waals surface area contributed by atoms with E-state index in [9.17, 15) is 39.6 Å². The number of rotatable bonds is 5. The highest BCUT2D eigenvalue weighted by Crippen LogP contribution is 2.33. The van der Waals surface area contributed by atoms with Crippen molar-refractivity contribution in [1.29, 1.82) is 0 Å². The zero-order valence-electron chi connectivity index (χ0n) is 16.4. The summed E-state index contributed by atoms with van der Waals surface area (Å²) in [5, 5.41) is 5.29. The minimum absolute atomic E-state index is 0.117. The maximum atomic E-state index is 12.9. The predicted molar refractivity (Wildman–Crippen MR) is 100 cm³/mol. The Hall–Kier alpha value is -2.57. The van der Waals surface area contributed by atoms with Gasteiger partial charge in [-0.15, -0.1) is 0 Å². The average Bonchev–Trinajstić information content (AvgIpc) is 3.15. The largest absolute Gasteiger partial charge is 0.416 e. The molecule has 1 aliphatic carbocycles. The molecule has 1 saturated carbocycles. The third-order valence-corrected chi connectivity index (χ3v) is 7.41. The molecule has 1 aromatic heterocycles. The molecule has 0 aliphatic heterocycles. The normalized spacial score (nSPS) is 20.2. The molecule has 1 heterocycles. The van der Waals surface area contributed by atoms with Crippen molar-refractivity contribution >= 4 is 15.7 Å². The Balaban J connectivity index is 1.60. The minimum atomic E-state index is -4.67. The van der Waals surface area contributed by atoms with E-state index >= 15 is 0 Å². The Labute approximate surface area is 179 Å². The van der Waals surface area contributed by atoms with Crippen molar-refractivity contribution in [3.8, 4) is 0 Å². The lowest BCUT2D eigenvalue weighted by Gasteiger charge is -2.28. The topological polar surface area (TPSA) is 81.1 Å². The number of benzene rings is 1. The molecule has 2 aromatic rings. The van der Waals surface area contributed by atoms with Gasteiger partial charge in [-0.1, -0.05) is 6.07 Å². The van der Waals surface area contributed by atoms with E-state index in [2.05, 4.69) is 10.4 Å². The smallest absolute Gasteiger partial charge is 0.348 e. The Morgan fingerprint density at radius 3 is 2.31 bits per heavy atom. The number of carbonyl (C=O) groups excluding carboxylic acids is 1. The average molecular weight is 483 g/mol. The van der Waals surface area contributed by atoms with Gasteiger partial charge in [0.05, 0.1) is 15.7 Å². The number of aromatic nitrogens is 2. The lowest BCUT2D eigenvalue weighted by molar-refractivity contribution is -0.142. The second-order valence-electron chi connectivity index (χ2n) is 7.53. The van der Waals surface area contributed by atoms with Gasteiger partial charge in [0.15, 0.2) is 9.84 Å². The predicted octanol–water partition coefficient (Wildman–Crippen LogP) is 3.98. The maximum Gasteiger partial charge on any atom is 0.416 e. The highest BCUT2D eigenvalue weighted by Gasteiger charge is 2.36. The van der Waals surface area contributed by atoms with Crippen molar-refractivity contribution in [3.63, 3.8) is 0 Å². The zero-order valence-corrected chi connectivity index (χ0v) is 17.3. The fourth-order valence-electron chi connectivity index (χ4n) is 3.57. The van der Waals surface area contributed by atoms with Crippen LogP contribution in [0.1, 0.15) is 41.7 Å². The molecular weight excluding hydrogens is 464 g/mol. The van der Waals surface area contributed by atoms with Crippen LogP contribution in [-0.4, -0.2) is 41.6 Å². The Morgan fingerprint density at radius 1 is 1.06 bits per heavy atom. The molecule has 1 aromatic carbocycles. The van der Waals surface area contributed by atoms with E-state index in [1.807, 2.05) is 0 Å². The molecule has 1 N–H and O–H groups in total. The van der Waals surface area contributed by atoms with Gasteiger partial charge in [0.1, 0.15) is 12.2 Å². The monoisotopic (exact) mass is 483 g/mol. The summed E-state index contributed by atoms with van der Waals surface area (Å²) >= 11 is 0. The highest BCUT2D eigenvalue weighted by molar-refractivity contribution is 7.92. The molecule has 0 spiro atoms. The third-order valence-electron chi connectivity index (χ3n) is 5.15. The lowest BCUT2D eigenvalue weighted by Crippen LogP contribution is -2.40. The van der Waals surface area contributed by atoms with Crippen LogP contribution in [0.5, 0.6) is 0 Å². The maximum absolute atomic E-state index is 12.9. The van der Waals surface area contributed by atoms with Gasteiger partial charge in [0.25, 0.3) is 5.91 Å². The van der Waals surface area contributed by atoms with Gasteiger partial charge in [-0.25, -0.2) is 8.42 Å². The molecule has 1 fully saturated rings. The van der Waals surface area contributed by atoms with E-state index in [0.717, 1.165) is 30.5 Å². The van der Waals surface area contributed by atoms with E-state index < -0.39 is 56.4 Å². The van der Waals surface area contributed by atoms with E-state index in [4.69, 9.17) is 0 Å². The van der Waals surface area contributed by atoms with Gasteiger partial charge < -0.3 is 5.32 Å². The van der Waals surface area contributed by atoms with Gasteiger partial charge in [-0.3, -0.25) is 9.48 Å². The zero-order chi connectivity index (χ0) is 23.7. The summed E-state index contributed by atoms with van der Waals surface area (Å²) in [6, 6.07) is 4.28. The van der Waals surface area contributed by atoms with Gasteiger partial charge in [-0.2, -0.15) is 31.4 Å². The number of nitrogens with one attached hydrogen (secondary N) is 1. The Bertz CT molecular complexity index is 1070. The molecule has 0 saturated heterocycles. The number of alkyl halides is 6. The highest BCUT2D eigenvalue weighted by atomic mass is 32.2. The number of hydrogen-bond acceptors (Lipinski definition) is 4. The summed E-state index contributed by atoms with van der Waals surface area (Å²) < 4.78 is 102. The SMILES string of the molecule is O=C(NC1CCC(S(=O)(=O)c2cccc(C(F)(F)F)c2)CC1)c1ccn(CC(F)(F)F)n1. The van der Waals surface area contributed by atoms with Crippen LogP contribution in [0.4, 0.5) is 26.3 Å². The molecule has 0 unspecified atom stereocenters. The quantitative estimate of drug-likeness (QED) is 0.653. The number of amides is 1. The first-order valence-electron chi connectivity index (χ1n) is 9.58. The number of carbonyl (C=O) groups is 1. The molecule has 1 amide bonds. The first-order valence-corrected chi connectivity index (χ1v) is 11.1. The van der Waals surface area contributed by atoms with E-state index in [1.54, 1.807) is 0 Å². The number of halogens is 6. The molecule has 3 rings (SSSR count). The van der Waals surface area contributed by atoms with Crippen LogP contribution in [0.3, 0.4) is 0 Å². The Morgan fingerprint density at radius 2 is 1.72 bits per heavy atom. The third kappa shape index (κ3) is 5.81. The number of nitrogens with zero attached hydrogens (tertiary/aromatic N) is 2. The summed E-state index contributed by atoms with van der Waals surface area (Å²) in [7, 11) is -4.00. The van der Waals surface area contributed by atoms with Crippen molar-refractivity contribution in [1.82, 2.24) is 15.1 Å². The molecule has 1 aliphatic rings. The van der Waals surface area contributed by atoms with Crippen molar-refractivity contribution in [2.75, 3.05) is 0 Å². The minimum Gasteiger partial charge on any atom is -0.348 e. The fourth-order valence-corrected chi connectivity index (χ4v) is 5.41. The van der Waals surface area contributed by atoms with Crippen molar-refractivity contribution < 1.29 is 39.6 Å². The first-order chi connectivity index (χ1) is 14.8. The van der Waals surface area contributed by atoms with E-state index in [1.165, 1.54) is 0 Å². The second kappa shape index (κ2) is 8.75. The number of hydrogen-bond donors (Lipinski definition) is 1. The van der Waals surface area contributed by atoms with Crippen LogP contribution in [-0.2, 0) is 22.6 Å². The van der Waals surface area contributed by atoms with Gasteiger partial charge in [0.2, 0.25) is 0 Å². The van der Waals surface area contributed by atoms with Gasteiger partial charge in [0, 0.05) is 12.2 Å². The van der Waals surface area contributed by atoms with Crippen molar-refractivity contribution in [2.45, 2.75) is 60.8 Å². The number of sulfone groups is 1. The molecule has 0 atom stereocenters. The lowest BCUT2D eigenvalue weighted by atomic mass is 9.95. The van der Waals surface area contributed by atoms with Crippen molar-refractivity contribution in [2.24, 2.45) is 0 Å². The van der Waals surface area contributed by atoms with Crippen LogP contribution in [0.15, 0.2) is 41.4 Å². The van der Waals surface area contributed by atoms with Crippen LogP contribution >= 0.6 is 0 Å². The second-order valence-corrected chi connectivity index (χ2v) is 9.76. The fraction of sp³-hybridized carbons (Fsp3) is 0.474. The van der Waals surface area contributed by atoms with Gasteiger partial charge >= 0.3 is 12.4 Å². The Kier molecular flexibility index (Phi) is 6.59. The molecule has 0 bridgehead atoms. The summed E-state index contributed by atoms with van der Waals surface area (Å²) in [4.78, 5) is 11.8. The van der Waals surface area contributed by atoms with Gasteiger partial charge in [-0.05, 0) is 49.9 Å². The van der Waals surface area contributed by atoms with Crippen LogP contribution in [0.2, 0.25) is 0 Å². The van der Waals surface area contributed by atoms with Crippen LogP contribution in [0.25, 0.3) is 0 Å². The van der Waals surface area contributed by atoms with Crippen LogP contribution in [0, 0.1) is 0 Å². The van der Waals surface area contributed by atoms with Crippen LogP contribution < -0.4 is 5.32 Å². The summed E-state index contributed by atoms with van der Waals surface area (Å²) in [5.41, 5.74) is -1.25. The molecule has 0 radical (unpaired) electrons. The van der Waals surface area contributed by atoms with Crippen molar-refractivity contribution in [3.05, 3.63) is 47.8 Å².